The largest absolute Gasteiger partial charge is 0.350 e. The van der Waals surface area contributed by atoms with E-state index in [4.69, 9.17) is 23.2 Å². The van der Waals surface area contributed by atoms with Crippen molar-refractivity contribution in [3.05, 3.63) is 81.6 Å². The molecule has 0 spiro atoms. The quantitative estimate of drug-likeness (QED) is 0.650. The first kappa shape index (κ1) is 18.2. The topological polar surface area (TPSA) is 66.9 Å². The molecule has 26 heavy (non-hydrogen) atoms. The number of aromatic nitrogens is 2. The summed E-state index contributed by atoms with van der Waals surface area (Å²) in [6.07, 6.45) is 0. The van der Waals surface area contributed by atoms with Gasteiger partial charge in [0.1, 0.15) is 5.69 Å². The third-order valence-electron chi connectivity index (χ3n) is 3.56. The summed E-state index contributed by atoms with van der Waals surface area (Å²) in [5, 5.41) is 6.73. The minimum absolute atomic E-state index is 0.249. The molecule has 0 bridgehead atoms. The van der Waals surface area contributed by atoms with Crippen LogP contribution in [-0.4, -0.2) is 15.9 Å². The molecule has 1 aromatic heterocycles. The number of nitrogens with zero attached hydrogens (tertiary/aromatic N) is 2. The van der Waals surface area contributed by atoms with Gasteiger partial charge >= 0.3 is 0 Å². The number of hydrogen-bond acceptors (Lipinski definition) is 4. The lowest BCUT2D eigenvalue weighted by Crippen LogP contribution is -2.16. The molecular formula is C19H16Cl2N4O. The zero-order valence-corrected chi connectivity index (χ0v) is 15.5. The van der Waals surface area contributed by atoms with Crippen molar-refractivity contribution >= 4 is 40.7 Å². The van der Waals surface area contributed by atoms with Crippen LogP contribution in [0.4, 0.5) is 11.6 Å². The number of nitrogens with one attached hydrogen (secondary N) is 2. The van der Waals surface area contributed by atoms with Crippen LogP contribution >= 0.6 is 23.2 Å². The summed E-state index contributed by atoms with van der Waals surface area (Å²) in [5.41, 5.74) is 2.50. The summed E-state index contributed by atoms with van der Waals surface area (Å²) in [7, 11) is 0. The van der Waals surface area contributed by atoms with Gasteiger partial charge in [0.2, 0.25) is 5.95 Å². The molecule has 0 aliphatic rings. The zero-order valence-electron chi connectivity index (χ0n) is 14.0. The lowest BCUT2D eigenvalue weighted by molar-refractivity contribution is 0.102. The Hall–Kier alpha value is -2.63. The Labute approximate surface area is 161 Å². The van der Waals surface area contributed by atoms with Gasteiger partial charge in [0.25, 0.3) is 5.91 Å². The molecule has 0 atom stereocenters. The molecule has 0 aliphatic carbocycles. The van der Waals surface area contributed by atoms with Gasteiger partial charge in [0, 0.05) is 17.3 Å². The van der Waals surface area contributed by atoms with Crippen LogP contribution in [0.2, 0.25) is 10.0 Å². The minimum Gasteiger partial charge on any atom is -0.350 e. The van der Waals surface area contributed by atoms with Crippen molar-refractivity contribution in [1.82, 2.24) is 9.97 Å². The predicted molar refractivity (Wildman–Crippen MR) is 105 cm³/mol. The number of carbonyl (C=O) groups is 1. The highest BCUT2D eigenvalue weighted by Crippen LogP contribution is 2.25. The maximum atomic E-state index is 12.5. The van der Waals surface area contributed by atoms with Crippen LogP contribution in [0.5, 0.6) is 0 Å². The maximum absolute atomic E-state index is 12.5. The summed E-state index contributed by atoms with van der Waals surface area (Å²) in [5.74, 6) is 0.0173. The van der Waals surface area contributed by atoms with E-state index in [2.05, 4.69) is 20.6 Å². The number of benzene rings is 2. The standard InChI is InChI=1S/C19H16Cl2N4O/c1-12-9-17(18(26)24-16-8-7-14(20)10-15(16)21)25-19(23-12)22-11-13-5-3-2-4-6-13/h2-10H,11H2,1H3,(H,24,26)(H,22,23,25). The lowest BCUT2D eigenvalue weighted by Gasteiger charge is -2.10. The second-order valence-electron chi connectivity index (χ2n) is 5.64. The first-order valence-corrected chi connectivity index (χ1v) is 8.67. The Kier molecular flexibility index (Phi) is 5.71. The molecule has 0 unspecified atom stereocenters. The molecule has 132 valence electrons. The van der Waals surface area contributed by atoms with Crippen molar-refractivity contribution in [2.45, 2.75) is 13.5 Å². The second kappa shape index (κ2) is 8.17. The number of amides is 1. The van der Waals surface area contributed by atoms with Crippen molar-refractivity contribution in [3.63, 3.8) is 0 Å². The van der Waals surface area contributed by atoms with Crippen LogP contribution in [-0.2, 0) is 6.54 Å². The lowest BCUT2D eigenvalue weighted by atomic mass is 10.2. The average molecular weight is 387 g/mol. The Morgan fingerprint density at radius 2 is 1.81 bits per heavy atom. The van der Waals surface area contributed by atoms with E-state index in [-0.39, 0.29) is 11.6 Å². The van der Waals surface area contributed by atoms with Crippen molar-refractivity contribution in [1.29, 1.82) is 0 Å². The van der Waals surface area contributed by atoms with Gasteiger partial charge in [0.05, 0.1) is 10.7 Å². The van der Waals surface area contributed by atoms with Crippen LogP contribution in [0, 0.1) is 6.92 Å². The van der Waals surface area contributed by atoms with E-state index in [0.29, 0.717) is 33.9 Å². The summed E-state index contributed by atoms with van der Waals surface area (Å²) in [6.45, 7) is 2.37. The van der Waals surface area contributed by atoms with Crippen molar-refractivity contribution in [3.8, 4) is 0 Å². The van der Waals surface area contributed by atoms with Gasteiger partial charge in [0.15, 0.2) is 0 Å². The third kappa shape index (κ3) is 4.71. The maximum Gasteiger partial charge on any atom is 0.274 e. The molecular weight excluding hydrogens is 371 g/mol. The summed E-state index contributed by atoms with van der Waals surface area (Å²) < 4.78 is 0. The number of halogens is 2. The second-order valence-corrected chi connectivity index (χ2v) is 6.48. The number of hydrogen-bond donors (Lipinski definition) is 2. The van der Waals surface area contributed by atoms with Gasteiger partial charge in [-0.1, -0.05) is 53.5 Å². The molecule has 0 fully saturated rings. The molecule has 2 aromatic carbocycles. The molecule has 0 saturated carbocycles. The fourth-order valence-corrected chi connectivity index (χ4v) is 2.77. The van der Waals surface area contributed by atoms with Gasteiger partial charge in [-0.25, -0.2) is 9.97 Å². The van der Waals surface area contributed by atoms with Crippen LogP contribution in [0.1, 0.15) is 21.7 Å². The Morgan fingerprint density at radius 3 is 2.54 bits per heavy atom. The van der Waals surface area contributed by atoms with E-state index in [0.717, 1.165) is 5.56 Å². The molecule has 0 saturated heterocycles. The van der Waals surface area contributed by atoms with E-state index < -0.39 is 0 Å². The summed E-state index contributed by atoms with van der Waals surface area (Å²) in [6, 6.07) is 16.4. The van der Waals surface area contributed by atoms with E-state index in [1.165, 1.54) is 0 Å². The number of aryl methyl sites for hydroxylation is 1. The van der Waals surface area contributed by atoms with Gasteiger partial charge in [-0.15, -0.1) is 0 Å². The van der Waals surface area contributed by atoms with Crippen molar-refractivity contribution in [2.75, 3.05) is 10.6 Å². The number of anilines is 2. The Balaban J connectivity index is 1.75. The van der Waals surface area contributed by atoms with E-state index in [9.17, 15) is 4.79 Å². The molecule has 2 N–H and O–H groups in total. The predicted octanol–water partition coefficient (Wildman–Crippen LogP) is 4.96. The molecule has 3 rings (SSSR count). The average Bonchev–Trinajstić information content (AvgIpc) is 2.63. The van der Waals surface area contributed by atoms with Crippen LogP contribution in [0.3, 0.4) is 0 Å². The number of rotatable bonds is 5. The van der Waals surface area contributed by atoms with E-state index in [1.807, 2.05) is 30.3 Å². The normalized spacial score (nSPS) is 10.4. The fraction of sp³-hybridized carbons (Fsp3) is 0.105. The smallest absolute Gasteiger partial charge is 0.274 e. The van der Waals surface area contributed by atoms with Gasteiger partial charge in [-0.3, -0.25) is 4.79 Å². The number of carbonyl (C=O) groups excluding carboxylic acids is 1. The highest BCUT2D eigenvalue weighted by Gasteiger charge is 2.13. The Bertz CT molecular complexity index is 932. The van der Waals surface area contributed by atoms with Gasteiger partial charge in [-0.2, -0.15) is 0 Å². The van der Waals surface area contributed by atoms with Crippen LogP contribution in [0.25, 0.3) is 0 Å². The third-order valence-corrected chi connectivity index (χ3v) is 4.11. The summed E-state index contributed by atoms with van der Waals surface area (Å²) in [4.78, 5) is 21.1. The van der Waals surface area contributed by atoms with E-state index in [1.54, 1.807) is 31.2 Å². The molecule has 1 amide bonds. The first-order valence-electron chi connectivity index (χ1n) is 7.91. The zero-order chi connectivity index (χ0) is 18.5. The van der Waals surface area contributed by atoms with Gasteiger partial charge in [-0.05, 0) is 36.8 Å². The van der Waals surface area contributed by atoms with Gasteiger partial charge < -0.3 is 10.6 Å². The highest BCUT2D eigenvalue weighted by molar-refractivity contribution is 6.36. The van der Waals surface area contributed by atoms with Crippen molar-refractivity contribution < 1.29 is 4.79 Å². The minimum atomic E-state index is -0.373. The molecule has 1 heterocycles. The molecule has 7 heteroatoms. The molecule has 0 aliphatic heterocycles. The van der Waals surface area contributed by atoms with Crippen LogP contribution in [0.15, 0.2) is 54.6 Å². The fourth-order valence-electron chi connectivity index (χ4n) is 2.32. The summed E-state index contributed by atoms with van der Waals surface area (Å²) >= 11 is 12.0. The molecule has 0 radical (unpaired) electrons. The highest BCUT2D eigenvalue weighted by atomic mass is 35.5. The SMILES string of the molecule is Cc1cc(C(=O)Nc2ccc(Cl)cc2Cl)nc(NCc2ccccc2)n1. The first-order chi connectivity index (χ1) is 12.5. The van der Waals surface area contributed by atoms with Crippen molar-refractivity contribution in [2.24, 2.45) is 0 Å². The Morgan fingerprint density at radius 1 is 1.04 bits per heavy atom. The molecule has 3 aromatic rings. The molecule has 5 nitrogen and oxygen atoms in total. The van der Waals surface area contributed by atoms with Crippen LogP contribution < -0.4 is 10.6 Å². The van der Waals surface area contributed by atoms with E-state index >= 15 is 0 Å². The monoisotopic (exact) mass is 386 g/mol.